The Bertz CT molecular complexity index is 793. The molecule has 1 aliphatic carbocycles. The molecule has 0 N–H and O–H groups in total. The average Bonchev–Trinajstić information content (AvgIpc) is 2.55. The molecule has 0 fully saturated rings. The molecule has 1 nitrogen and oxygen atoms in total. The Hall–Kier alpha value is -2.41. The van der Waals surface area contributed by atoms with E-state index in [1.54, 1.807) is 0 Å². The van der Waals surface area contributed by atoms with Gasteiger partial charge < -0.3 is 0 Å². The van der Waals surface area contributed by atoms with Gasteiger partial charge in [0.2, 0.25) is 0 Å². The SMILES string of the molecule is CC1=Cc2ccccc2[C@](C)(C/C=C/c2ccc(C)cc2)C1=O. The molecule has 0 aromatic heterocycles. The third-order valence-electron chi connectivity index (χ3n) is 4.70. The Morgan fingerprint density at radius 1 is 1.00 bits per heavy atom. The fourth-order valence-corrected chi connectivity index (χ4v) is 3.29. The Balaban J connectivity index is 1.90. The molecule has 116 valence electrons. The first-order chi connectivity index (χ1) is 11.0. The van der Waals surface area contributed by atoms with Crippen LogP contribution in [0.2, 0.25) is 0 Å². The molecule has 0 spiro atoms. The van der Waals surface area contributed by atoms with Crippen LogP contribution >= 0.6 is 0 Å². The van der Waals surface area contributed by atoms with Gasteiger partial charge in [0, 0.05) is 0 Å². The molecular formula is C22H22O. The van der Waals surface area contributed by atoms with E-state index in [0.717, 1.165) is 16.7 Å². The summed E-state index contributed by atoms with van der Waals surface area (Å²) in [5, 5.41) is 0. The van der Waals surface area contributed by atoms with E-state index < -0.39 is 5.41 Å². The van der Waals surface area contributed by atoms with Crippen LogP contribution in [-0.2, 0) is 10.2 Å². The summed E-state index contributed by atoms with van der Waals surface area (Å²) in [5.41, 5.74) is 5.08. The lowest BCUT2D eigenvalue weighted by atomic mass is 9.69. The second-order valence-electron chi connectivity index (χ2n) is 6.59. The first-order valence-corrected chi connectivity index (χ1v) is 8.06. The number of aryl methyl sites for hydroxylation is 1. The summed E-state index contributed by atoms with van der Waals surface area (Å²) in [4.78, 5) is 12.8. The molecule has 23 heavy (non-hydrogen) atoms. The summed E-state index contributed by atoms with van der Waals surface area (Å²) < 4.78 is 0. The number of Topliss-reactive ketones (excluding diaryl/α,β-unsaturated/α-hetero) is 1. The number of fused-ring (bicyclic) bond motifs is 1. The fourth-order valence-electron chi connectivity index (χ4n) is 3.29. The minimum Gasteiger partial charge on any atom is -0.294 e. The zero-order valence-corrected chi connectivity index (χ0v) is 14.0. The van der Waals surface area contributed by atoms with Crippen LogP contribution in [0.15, 0.2) is 60.2 Å². The van der Waals surface area contributed by atoms with Crippen molar-refractivity contribution in [3.05, 3.63) is 82.4 Å². The van der Waals surface area contributed by atoms with Gasteiger partial charge in [-0.1, -0.05) is 66.2 Å². The molecule has 1 aliphatic rings. The first-order valence-electron chi connectivity index (χ1n) is 8.06. The van der Waals surface area contributed by atoms with Crippen molar-refractivity contribution in [2.75, 3.05) is 0 Å². The quantitative estimate of drug-likeness (QED) is 0.747. The molecule has 0 heterocycles. The minimum absolute atomic E-state index is 0.227. The number of carbonyl (C=O) groups excluding carboxylic acids is 1. The van der Waals surface area contributed by atoms with E-state index in [1.165, 1.54) is 11.1 Å². The number of rotatable bonds is 3. The van der Waals surface area contributed by atoms with Gasteiger partial charge >= 0.3 is 0 Å². The lowest BCUT2D eigenvalue weighted by Gasteiger charge is -2.33. The highest BCUT2D eigenvalue weighted by molar-refractivity contribution is 6.09. The summed E-state index contributed by atoms with van der Waals surface area (Å²) in [6, 6.07) is 16.6. The van der Waals surface area contributed by atoms with Crippen LogP contribution < -0.4 is 0 Å². The highest BCUT2D eigenvalue weighted by atomic mass is 16.1. The van der Waals surface area contributed by atoms with Gasteiger partial charge in [0.05, 0.1) is 5.41 Å². The summed E-state index contributed by atoms with van der Waals surface area (Å²) in [7, 11) is 0. The molecule has 0 radical (unpaired) electrons. The van der Waals surface area contributed by atoms with Crippen LogP contribution in [0, 0.1) is 6.92 Å². The molecule has 0 saturated carbocycles. The van der Waals surface area contributed by atoms with Crippen molar-refractivity contribution in [3.8, 4) is 0 Å². The topological polar surface area (TPSA) is 17.1 Å². The number of allylic oxidation sites excluding steroid dienone is 2. The molecule has 0 amide bonds. The average molecular weight is 302 g/mol. The van der Waals surface area contributed by atoms with Crippen molar-refractivity contribution in [3.63, 3.8) is 0 Å². The summed E-state index contributed by atoms with van der Waals surface area (Å²) in [6.45, 7) is 6.06. The molecule has 2 aromatic carbocycles. The number of hydrogen-bond acceptors (Lipinski definition) is 1. The van der Waals surface area contributed by atoms with Crippen molar-refractivity contribution >= 4 is 17.9 Å². The molecule has 2 aromatic rings. The monoisotopic (exact) mass is 302 g/mol. The second kappa shape index (κ2) is 6.00. The van der Waals surface area contributed by atoms with Gasteiger partial charge in [-0.2, -0.15) is 0 Å². The van der Waals surface area contributed by atoms with Gasteiger partial charge in [-0.25, -0.2) is 0 Å². The molecule has 0 unspecified atom stereocenters. The van der Waals surface area contributed by atoms with E-state index in [1.807, 2.05) is 25.1 Å². The predicted molar refractivity (Wildman–Crippen MR) is 97.3 cm³/mol. The summed E-state index contributed by atoms with van der Waals surface area (Å²) >= 11 is 0. The number of benzene rings is 2. The maximum Gasteiger partial charge on any atom is 0.169 e. The lowest BCUT2D eigenvalue weighted by molar-refractivity contribution is -0.120. The highest BCUT2D eigenvalue weighted by Gasteiger charge is 2.38. The van der Waals surface area contributed by atoms with Gasteiger partial charge in [0.1, 0.15) is 0 Å². The van der Waals surface area contributed by atoms with Crippen LogP contribution in [0.1, 0.15) is 42.5 Å². The zero-order valence-electron chi connectivity index (χ0n) is 14.0. The van der Waals surface area contributed by atoms with Crippen molar-refractivity contribution in [1.82, 2.24) is 0 Å². The van der Waals surface area contributed by atoms with Crippen LogP contribution in [0.5, 0.6) is 0 Å². The predicted octanol–water partition coefficient (Wildman–Crippen LogP) is 5.34. The summed E-state index contributed by atoms with van der Waals surface area (Å²) in [5.74, 6) is 0.227. The Morgan fingerprint density at radius 3 is 2.43 bits per heavy atom. The van der Waals surface area contributed by atoms with E-state index in [9.17, 15) is 4.79 Å². The van der Waals surface area contributed by atoms with Crippen LogP contribution in [0.4, 0.5) is 0 Å². The number of carbonyl (C=O) groups is 1. The van der Waals surface area contributed by atoms with Crippen molar-refractivity contribution in [2.24, 2.45) is 0 Å². The summed E-state index contributed by atoms with van der Waals surface area (Å²) in [6.07, 6.45) is 6.94. The lowest BCUT2D eigenvalue weighted by Crippen LogP contribution is -2.35. The van der Waals surface area contributed by atoms with Crippen LogP contribution in [-0.4, -0.2) is 5.78 Å². The molecule has 1 heteroatoms. The first kappa shape index (κ1) is 15.5. The number of hydrogen-bond donors (Lipinski definition) is 0. The van der Waals surface area contributed by atoms with Gasteiger partial charge in [0.15, 0.2) is 5.78 Å². The Labute approximate surface area is 138 Å². The maximum absolute atomic E-state index is 12.8. The molecular weight excluding hydrogens is 280 g/mol. The van der Waals surface area contributed by atoms with Gasteiger partial charge in [0.25, 0.3) is 0 Å². The molecule has 1 atom stereocenters. The molecule has 3 rings (SSSR count). The minimum atomic E-state index is -0.476. The standard InChI is InChI=1S/C22H22O/c1-16-10-12-18(13-11-16)7-6-14-22(3)20-9-5-4-8-19(20)15-17(2)21(22)23/h4-13,15H,14H2,1-3H3/b7-6+/t22-/m0/s1. The molecule has 0 aliphatic heterocycles. The van der Waals surface area contributed by atoms with Gasteiger partial charge in [-0.15, -0.1) is 0 Å². The highest BCUT2D eigenvalue weighted by Crippen LogP contribution is 2.38. The third-order valence-corrected chi connectivity index (χ3v) is 4.70. The van der Waals surface area contributed by atoms with E-state index in [2.05, 4.69) is 62.4 Å². The Morgan fingerprint density at radius 2 is 1.70 bits per heavy atom. The normalized spacial score (nSPS) is 20.5. The maximum atomic E-state index is 12.8. The number of ketones is 1. The van der Waals surface area contributed by atoms with Crippen molar-refractivity contribution in [1.29, 1.82) is 0 Å². The molecule has 0 bridgehead atoms. The van der Waals surface area contributed by atoms with E-state index >= 15 is 0 Å². The van der Waals surface area contributed by atoms with Crippen LogP contribution in [0.25, 0.3) is 12.2 Å². The van der Waals surface area contributed by atoms with E-state index in [0.29, 0.717) is 6.42 Å². The Kier molecular flexibility index (Phi) is 4.04. The largest absolute Gasteiger partial charge is 0.294 e. The third kappa shape index (κ3) is 2.92. The van der Waals surface area contributed by atoms with Crippen molar-refractivity contribution in [2.45, 2.75) is 32.6 Å². The van der Waals surface area contributed by atoms with Gasteiger partial charge in [-0.05, 0) is 55.5 Å². The smallest absolute Gasteiger partial charge is 0.169 e. The van der Waals surface area contributed by atoms with E-state index in [4.69, 9.17) is 0 Å². The zero-order chi connectivity index (χ0) is 16.4. The van der Waals surface area contributed by atoms with Gasteiger partial charge in [-0.3, -0.25) is 4.79 Å². The second-order valence-corrected chi connectivity index (χ2v) is 6.59. The fraction of sp³-hybridized carbons (Fsp3) is 0.227. The van der Waals surface area contributed by atoms with Crippen molar-refractivity contribution < 1.29 is 4.79 Å². The molecule has 0 saturated heterocycles. The van der Waals surface area contributed by atoms with Crippen LogP contribution in [0.3, 0.4) is 0 Å². The van der Waals surface area contributed by atoms with E-state index in [-0.39, 0.29) is 5.78 Å².